The van der Waals surface area contributed by atoms with E-state index in [0.29, 0.717) is 6.42 Å². The van der Waals surface area contributed by atoms with Crippen molar-refractivity contribution in [1.82, 2.24) is 10.3 Å². The molecule has 0 saturated heterocycles. The van der Waals surface area contributed by atoms with Gasteiger partial charge in [-0.2, -0.15) is 0 Å². The highest BCUT2D eigenvalue weighted by Gasteiger charge is 2.00. The van der Waals surface area contributed by atoms with Gasteiger partial charge < -0.3 is 5.32 Å². The van der Waals surface area contributed by atoms with Crippen molar-refractivity contribution in [2.45, 2.75) is 6.42 Å². The highest BCUT2D eigenvalue weighted by Crippen LogP contribution is 2.13. The van der Waals surface area contributed by atoms with Gasteiger partial charge in [0.15, 0.2) is 0 Å². The third-order valence-electron chi connectivity index (χ3n) is 3.36. The van der Waals surface area contributed by atoms with Gasteiger partial charge in [-0.05, 0) is 23.1 Å². The lowest BCUT2D eigenvalue weighted by molar-refractivity contribution is -0.119. The van der Waals surface area contributed by atoms with Gasteiger partial charge in [-0.15, -0.1) is 0 Å². The van der Waals surface area contributed by atoms with Crippen LogP contribution in [0.1, 0.15) is 11.3 Å². The molecule has 0 spiro atoms. The van der Waals surface area contributed by atoms with Gasteiger partial charge in [0.2, 0.25) is 5.91 Å². The Morgan fingerprint density at radius 3 is 2.55 bits per heavy atom. The van der Waals surface area contributed by atoms with Gasteiger partial charge in [0.05, 0.1) is 12.1 Å². The number of nitrogens with one attached hydrogen (secondary N) is 1. The first-order valence-electron chi connectivity index (χ1n) is 7.16. The van der Waals surface area contributed by atoms with Crippen molar-refractivity contribution in [3.8, 4) is 0 Å². The standard InChI is InChI=1S/C19H16N2O/c22-19(12-15-6-2-1-3-7-15)20-11-10-18-13-16-8-4-5-9-17(16)14-21-18/h1-11,13-14H,12H2,(H,20,22). The number of pyridine rings is 1. The van der Waals surface area contributed by atoms with E-state index in [1.165, 1.54) is 0 Å². The summed E-state index contributed by atoms with van der Waals surface area (Å²) in [6.07, 6.45) is 5.65. The van der Waals surface area contributed by atoms with E-state index in [0.717, 1.165) is 22.0 Å². The molecule has 0 aliphatic rings. The van der Waals surface area contributed by atoms with Gasteiger partial charge in [0.25, 0.3) is 0 Å². The number of hydrogen-bond donors (Lipinski definition) is 1. The van der Waals surface area contributed by atoms with Crippen LogP contribution in [0.2, 0.25) is 0 Å². The SMILES string of the molecule is O=C(Cc1ccccc1)NC=Cc1cc2ccccc2cn1. The fraction of sp³-hybridized carbons (Fsp3) is 0.0526. The second-order valence-corrected chi connectivity index (χ2v) is 5.02. The van der Waals surface area contributed by atoms with Crippen LogP contribution >= 0.6 is 0 Å². The summed E-state index contributed by atoms with van der Waals surface area (Å²) >= 11 is 0. The highest BCUT2D eigenvalue weighted by molar-refractivity contribution is 5.83. The minimum Gasteiger partial charge on any atom is -0.332 e. The number of carbonyl (C=O) groups excluding carboxylic acids is 1. The van der Waals surface area contributed by atoms with Crippen LogP contribution in [0.15, 0.2) is 73.1 Å². The van der Waals surface area contributed by atoms with Gasteiger partial charge in [0, 0.05) is 17.8 Å². The van der Waals surface area contributed by atoms with Crippen molar-refractivity contribution < 1.29 is 4.79 Å². The molecule has 22 heavy (non-hydrogen) atoms. The molecule has 2 aromatic carbocycles. The van der Waals surface area contributed by atoms with Crippen molar-refractivity contribution in [2.75, 3.05) is 0 Å². The third kappa shape index (κ3) is 3.58. The minimum absolute atomic E-state index is 0.0387. The fourth-order valence-corrected chi connectivity index (χ4v) is 2.24. The number of fused-ring (bicyclic) bond motifs is 1. The summed E-state index contributed by atoms with van der Waals surface area (Å²) in [5.41, 5.74) is 1.82. The lowest BCUT2D eigenvalue weighted by Gasteiger charge is -2.01. The van der Waals surface area contributed by atoms with E-state index in [9.17, 15) is 4.79 Å². The number of aromatic nitrogens is 1. The molecule has 0 aliphatic heterocycles. The molecule has 1 heterocycles. The summed E-state index contributed by atoms with van der Waals surface area (Å²) in [6.45, 7) is 0. The van der Waals surface area contributed by atoms with E-state index in [4.69, 9.17) is 0 Å². The first-order chi connectivity index (χ1) is 10.8. The van der Waals surface area contributed by atoms with E-state index in [1.807, 2.05) is 66.9 Å². The van der Waals surface area contributed by atoms with Gasteiger partial charge in [-0.25, -0.2) is 0 Å². The Hall–Kier alpha value is -2.94. The molecule has 3 rings (SSSR count). The Kier molecular flexibility index (Phi) is 4.25. The molecular weight excluding hydrogens is 272 g/mol. The van der Waals surface area contributed by atoms with Crippen LogP contribution < -0.4 is 5.32 Å². The molecule has 0 unspecified atom stereocenters. The van der Waals surface area contributed by atoms with E-state index in [-0.39, 0.29) is 5.91 Å². The van der Waals surface area contributed by atoms with Gasteiger partial charge in [-0.3, -0.25) is 9.78 Å². The Balaban J connectivity index is 1.62. The zero-order valence-electron chi connectivity index (χ0n) is 12.1. The van der Waals surface area contributed by atoms with Crippen molar-refractivity contribution in [3.63, 3.8) is 0 Å². The molecule has 1 aromatic heterocycles. The van der Waals surface area contributed by atoms with Crippen LogP contribution in [0.25, 0.3) is 16.8 Å². The number of benzene rings is 2. The molecule has 0 bridgehead atoms. The number of amides is 1. The average Bonchev–Trinajstić information content (AvgIpc) is 2.55. The summed E-state index contributed by atoms with van der Waals surface area (Å²) in [5.74, 6) is -0.0387. The summed E-state index contributed by atoms with van der Waals surface area (Å²) < 4.78 is 0. The van der Waals surface area contributed by atoms with E-state index >= 15 is 0 Å². The lowest BCUT2D eigenvalue weighted by Crippen LogP contribution is -2.19. The quantitative estimate of drug-likeness (QED) is 0.797. The largest absolute Gasteiger partial charge is 0.332 e. The third-order valence-corrected chi connectivity index (χ3v) is 3.36. The van der Waals surface area contributed by atoms with E-state index < -0.39 is 0 Å². The van der Waals surface area contributed by atoms with Gasteiger partial charge >= 0.3 is 0 Å². The molecular formula is C19H16N2O. The maximum Gasteiger partial charge on any atom is 0.228 e. The van der Waals surface area contributed by atoms with Crippen LogP contribution in [0.5, 0.6) is 0 Å². The molecule has 3 aromatic rings. The highest BCUT2D eigenvalue weighted by atomic mass is 16.1. The topological polar surface area (TPSA) is 42.0 Å². The smallest absolute Gasteiger partial charge is 0.228 e. The second kappa shape index (κ2) is 6.68. The number of hydrogen-bond acceptors (Lipinski definition) is 2. The summed E-state index contributed by atoms with van der Waals surface area (Å²) in [6, 6.07) is 19.7. The molecule has 0 saturated carbocycles. The number of carbonyl (C=O) groups is 1. The monoisotopic (exact) mass is 288 g/mol. The predicted octanol–water partition coefficient (Wildman–Crippen LogP) is 3.56. The zero-order chi connectivity index (χ0) is 15.2. The Labute approximate surface area is 129 Å². The number of nitrogens with zero attached hydrogens (tertiary/aromatic N) is 1. The van der Waals surface area contributed by atoms with Crippen LogP contribution in [-0.4, -0.2) is 10.9 Å². The van der Waals surface area contributed by atoms with Crippen LogP contribution in [-0.2, 0) is 11.2 Å². The first kappa shape index (κ1) is 14.0. The lowest BCUT2D eigenvalue weighted by atomic mass is 10.1. The van der Waals surface area contributed by atoms with Crippen LogP contribution in [0, 0.1) is 0 Å². The first-order valence-corrected chi connectivity index (χ1v) is 7.16. The Morgan fingerprint density at radius 2 is 1.73 bits per heavy atom. The Bertz CT molecular complexity index is 810. The van der Waals surface area contributed by atoms with Crippen LogP contribution in [0.4, 0.5) is 0 Å². The van der Waals surface area contributed by atoms with Crippen molar-refractivity contribution >= 4 is 22.8 Å². The van der Waals surface area contributed by atoms with Gasteiger partial charge in [0.1, 0.15) is 0 Å². The fourth-order valence-electron chi connectivity index (χ4n) is 2.24. The molecule has 0 radical (unpaired) electrons. The molecule has 1 N–H and O–H groups in total. The average molecular weight is 288 g/mol. The molecule has 108 valence electrons. The molecule has 1 amide bonds. The summed E-state index contributed by atoms with van der Waals surface area (Å²) in [5, 5.41) is 5.00. The predicted molar refractivity (Wildman–Crippen MR) is 89.1 cm³/mol. The van der Waals surface area contributed by atoms with Crippen molar-refractivity contribution in [3.05, 3.63) is 84.3 Å². The van der Waals surface area contributed by atoms with E-state index in [1.54, 1.807) is 12.3 Å². The summed E-state index contributed by atoms with van der Waals surface area (Å²) in [7, 11) is 0. The maximum absolute atomic E-state index is 11.8. The normalized spacial score (nSPS) is 10.9. The van der Waals surface area contributed by atoms with Gasteiger partial charge in [-0.1, -0.05) is 54.6 Å². The second-order valence-electron chi connectivity index (χ2n) is 5.02. The molecule has 3 heteroatoms. The van der Waals surface area contributed by atoms with Crippen molar-refractivity contribution in [1.29, 1.82) is 0 Å². The number of rotatable bonds is 4. The minimum atomic E-state index is -0.0387. The molecule has 0 fully saturated rings. The van der Waals surface area contributed by atoms with E-state index in [2.05, 4.69) is 10.3 Å². The Morgan fingerprint density at radius 1 is 1.00 bits per heavy atom. The van der Waals surface area contributed by atoms with Crippen LogP contribution in [0.3, 0.4) is 0 Å². The maximum atomic E-state index is 11.8. The molecule has 0 atom stereocenters. The molecule has 3 nitrogen and oxygen atoms in total. The summed E-state index contributed by atoms with van der Waals surface area (Å²) in [4.78, 5) is 16.2. The van der Waals surface area contributed by atoms with Crippen molar-refractivity contribution in [2.24, 2.45) is 0 Å². The molecule has 0 aliphatic carbocycles. The zero-order valence-corrected chi connectivity index (χ0v) is 12.1.